The second-order valence-corrected chi connectivity index (χ2v) is 4.73. The van der Waals surface area contributed by atoms with Crippen LogP contribution in [0, 0.1) is 11.8 Å². The molecule has 18 heavy (non-hydrogen) atoms. The minimum atomic E-state index is -0.403. The van der Waals surface area contributed by atoms with Gasteiger partial charge in [0.05, 0.1) is 24.1 Å². The molecule has 5 heteroatoms. The summed E-state index contributed by atoms with van der Waals surface area (Å²) in [6.45, 7) is 5.22. The Hall–Kier alpha value is -1.78. The number of anilines is 2. The van der Waals surface area contributed by atoms with E-state index in [2.05, 4.69) is 17.2 Å². The third kappa shape index (κ3) is 2.91. The van der Waals surface area contributed by atoms with Crippen molar-refractivity contribution in [1.29, 1.82) is 0 Å². The van der Waals surface area contributed by atoms with Gasteiger partial charge in [-0.2, -0.15) is 0 Å². The molecule has 1 aromatic rings. The zero-order valence-corrected chi connectivity index (χ0v) is 10.8. The van der Waals surface area contributed by atoms with Crippen LogP contribution in [0.3, 0.4) is 0 Å². The average molecular weight is 249 g/mol. The lowest BCUT2D eigenvalue weighted by Gasteiger charge is -2.09. The molecule has 3 N–H and O–H groups in total. The van der Waals surface area contributed by atoms with Gasteiger partial charge in [-0.05, 0) is 31.2 Å². The number of carbonyl (C=O) groups excluding carboxylic acids is 1. The smallest absolute Gasteiger partial charge is 0.340 e. The molecule has 2 rings (SSSR count). The number of esters is 1. The Bertz CT molecular complexity index is 448. The fraction of sp³-hybridized carbons (Fsp3) is 0.538. The molecule has 98 valence electrons. The van der Waals surface area contributed by atoms with Gasteiger partial charge in [0, 0.05) is 6.54 Å². The summed E-state index contributed by atoms with van der Waals surface area (Å²) in [4.78, 5) is 15.8. The normalized spacial score (nSPS) is 21.4. The quantitative estimate of drug-likeness (QED) is 0.779. The van der Waals surface area contributed by atoms with Crippen LogP contribution in [-0.4, -0.2) is 24.1 Å². The molecular formula is C13H19N3O2. The van der Waals surface area contributed by atoms with Gasteiger partial charge in [0.1, 0.15) is 5.82 Å². The van der Waals surface area contributed by atoms with Gasteiger partial charge < -0.3 is 15.8 Å². The van der Waals surface area contributed by atoms with Crippen LogP contribution in [-0.2, 0) is 4.74 Å². The van der Waals surface area contributed by atoms with E-state index in [1.165, 1.54) is 12.6 Å². The monoisotopic (exact) mass is 249 g/mol. The van der Waals surface area contributed by atoms with Gasteiger partial charge in [-0.1, -0.05) is 6.92 Å². The van der Waals surface area contributed by atoms with E-state index >= 15 is 0 Å². The first-order valence-corrected chi connectivity index (χ1v) is 6.28. The average Bonchev–Trinajstić information content (AvgIpc) is 3.04. The van der Waals surface area contributed by atoms with Gasteiger partial charge in [-0.15, -0.1) is 0 Å². The lowest BCUT2D eigenvalue weighted by atomic mass is 10.2. The Morgan fingerprint density at radius 2 is 2.39 bits per heavy atom. The third-order valence-electron chi connectivity index (χ3n) is 3.25. The molecular weight excluding hydrogens is 230 g/mol. The maximum atomic E-state index is 11.7. The molecule has 1 aliphatic rings. The number of nitrogens with one attached hydrogen (secondary N) is 1. The number of hydrogen-bond acceptors (Lipinski definition) is 5. The van der Waals surface area contributed by atoms with Crippen molar-refractivity contribution < 1.29 is 9.53 Å². The maximum Gasteiger partial charge on any atom is 0.340 e. The Balaban J connectivity index is 2.03. The summed E-state index contributed by atoms with van der Waals surface area (Å²) in [5.74, 6) is 1.78. The lowest BCUT2D eigenvalue weighted by molar-refractivity contribution is 0.0527. The van der Waals surface area contributed by atoms with Crippen LogP contribution in [0.5, 0.6) is 0 Å². The number of hydrogen-bond donors (Lipinski definition) is 2. The van der Waals surface area contributed by atoms with E-state index in [-0.39, 0.29) is 0 Å². The van der Waals surface area contributed by atoms with Crippen molar-refractivity contribution in [2.75, 3.05) is 24.2 Å². The van der Waals surface area contributed by atoms with Crippen molar-refractivity contribution in [2.24, 2.45) is 11.8 Å². The highest BCUT2D eigenvalue weighted by Crippen LogP contribution is 2.37. The first kappa shape index (κ1) is 12.7. The summed E-state index contributed by atoms with van der Waals surface area (Å²) in [6.07, 6.45) is 2.75. The van der Waals surface area contributed by atoms with Crippen LogP contribution in [0.1, 0.15) is 30.6 Å². The van der Waals surface area contributed by atoms with Crippen molar-refractivity contribution in [3.05, 3.63) is 17.8 Å². The second-order valence-electron chi connectivity index (χ2n) is 4.73. The topological polar surface area (TPSA) is 77.2 Å². The Labute approximate surface area is 107 Å². The number of rotatable bonds is 5. The Kier molecular flexibility index (Phi) is 3.69. The molecule has 1 aromatic heterocycles. The predicted molar refractivity (Wildman–Crippen MR) is 70.4 cm³/mol. The number of aromatic nitrogens is 1. The Morgan fingerprint density at radius 1 is 1.67 bits per heavy atom. The fourth-order valence-electron chi connectivity index (χ4n) is 1.87. The van der Waals surface area contributed by atoms with Gasteiger partial charge in [0.25, 0.3) is 0 Å². The summed E-state index contributed by atoms with van der Waals surface area (Å²) in [5.41, 5.74) is 6.44. The van der Waals surface area contributed by atoms with Crippen molar-refractivity contribution in [2.45, 2.75) is 20.3 Å². The lowest BCUT2D eigenvalue weighted by Crippen LogP contribution is -2.11. The first-order chi connectivity index (χ1) is 8.61. The highest BCUT2D eigenvalue weighted by atomic mass is 16.5. The number of nitrogens with zero attached hydrogens (tertiary/aromatic N) is 1. The van der Waals surface area contributed by atoms with E-state index in [0.29, 0.717) is 23.7 Å². The van der Waals surface area contributed by atoms with Gasteiger partial charge in [-0.25, -0.2) is 9.78 Å². The van der Waals surface area contributed by atoms with Crippen LogP contribution in [0.4, 0.5) is 11.5 Å². The molecule has 0 aliphatic heterocycles. The minimum Gasteiger partial charge on any atom is -0.462 e. The highest BCUT2D eigenvalue weighted by molar-refractivity contribution is 5.95. The molecule has 0 amide bonds. The SMILES string of the molecule is CCOC(=O)c1cc(NCC2CC2C)ncc1N. The number of pyridine rings is 1. The second kappa shape index (κ2) is 5.25. The molecule has 2 atom stereocenters. The summed E-state index contributed by atoms with van der Waals surface area (Å²) in [7, 11) is 0. The van der Waals surface area contributed by atoms with Crippen molar-refractivity contribution in [3.63, 3.8) is 0 Å². The van der Waals surface area contributed by atoms with Crippen molar-refractivity contribution in [3.8, 4) is 0 Å². The summed E-state index contributed by atoms with van der Waals surface area (Å²) >= 11 is 0. The Morgan fingerprint density at radius 3 is 3.00 bits per heavy atom. The molecule has 1 saturated carbocycles. The largest absolute Gasteiger partial charge is 0.462 e. The van der Waals surface area contributed by atoms with Crippen LogP contribution in [0.25, 0.3) is 0 Å². The highest BCUT2D eigenvalue weighted by Gasteiger charge is 2.31. The van der Waals surface area contributed by atoms with Gasteiger partial charge >= 0.3 is 5.97 Å². The van der Waals surface area contributed by atoms with E-state index < -0.39 is 5.97 Å². The van der Waals surface area contributed by atoms with Crippen molar-refractivity contribution in [1.82, 2.24) is 4.98 Å². The molecule has 1 heterocycles. The zero-order chi connectivity index (χ0) is 13.1. The molecule has 2 unspecified atom stereocenters. The fourth-order valence-corrected chi connectivity index (χ4v) is 1.87. The predicted octanol–water partition coefficient (Wildman–Crippen LogP) is 1.91. The molecule has 5 nitrogen and oxygen atoms in total. The van der Waals surface area contributed by atoms with Crippen LogP contribution in [0.15, 0.2) is 12.3 Å². The third-order valence-corrected chi connectivity index (χ3v) is 3.25. The van der Waals surface area contributed by atoms with Gasteiger partial charge in [0.15, 0.2) is 0 Å². The first-order valence-electron chi connectivity index (χ1n) is 6.28. The van der Waals surface area contributed by atoms with Crippen molar-refractivity contribution >= 4 is 17.5 Å². The number of nitrogens with two attached hydrogens (primary N) is 1. The molecule has 1 aliphatic carbocycles. The molecule has 0 bridgehead atoms. The number of ether oxygens (including phenoxy) is 1. The number of carbonyl (C=O) groups is 1. The molecule has 1 fully saturated rings. The van der Waals surface area contributed by atoms with Crippen LogP contribution in [0.2, 0.25) is 0 Å². The molecule has 0 spiro atoms. The van der Waals surface area contributed by atoms with E-state index in [1.54, 1.807) is 13.0 Å². The van der Waals surface area contributed by atoms with E-state index in [1.807, 2.05) is 0 Å². The maximum absolute atomic E-state index is 11.7. The van der Waals surface area contributed by atoms with E-state index in [9.17, 15) is 4.79 Å². The molecule has 0 saturated heterocycles. The molecule has 0 radical (unpaired) electrons. The zero-order valence-electron chi connectivity index (χ0n) is 10.8. The van der Waals surface area contributed by atoms with Crippen LogP contribution >= 0.6 is 0 Å². The van der Waals surface area contributed by atoms with Gasteiger partial charge in [0.2, 0.25) is 0 Å². The van der Waals surface area contributed by atoms with Crippen LogP contribution < -0.4 is 11.1 Å². The minimum absolute atomic E-state index is 0.336. The van der Waals surface area contributed by atoms with E-state index in [0.717, 1.165) is 18.4 Å². The van der Waals surface area contributed by atoms with Gasteiger partial charge in [-0.3, -0.25) is 0 Å². The standard InChI is InChI=1S/C13H19N3O2/c1-3-18-13(17)10-5-12(16-7-11(10)14)15-6-9-4-8(9)2/h5,7-9H,3-4,6,14H2,1-2H3,(H,15,16). The van der Waals surface area contributed by atoms with E-state index in [4.69, 9.17) is 10.5 Å². The molecule has 0 aromatic carbocycles. The summed E-state index contributed by atoms with van der Waals surface area (Å²) in [6, 6.07) is 1.65. The summed E-state index contributed by atoms with van der Waals surface area (Å²) < 4.78 is 4.94. The summed E-state index contributed by atoms with van der Waals surface area (Å²) in [5, 5.41) is 3.23. The number of nitrogen functional groups attached to an aromatic ring is 1.